The molecule has 1 unspecified atom stereocenters. The maximum Gasteiger partial charge on any atom is 0.228 e. The van der Waals surface area contributed by atoms with Crippen molar-refractivity contribution in [1.29, 1.82) is 0 Å². The van der Waals surface area contributed by atoms with E-state index in [0.29, 0.717) is 18.9 Å². The molecule has 0 radical (unpaired) electrons. The number of rotatable bonds is 3. The predicted molar refractivity (Wildman–Crippen MR) is 83.9 cm³/mol. The molecule has 0 bridgehead atoms. The van der Waals surface area contributed by atoms with Crippen LogP contribution in [0, 0.1) is 0 Å². The van der Waals surface area contributed by atoms with E-state index in [1.807, 2.05) is 59.5 Å². The minimum Gasteiger partial charge on any atom is -0.489 e. The average molecular weight is 302 g/mol. The first-order valence-corrected chi connectivity index (χ1v) is 7.49. The van der Waals surface area contributed by atoms with Crippen molar-refractivity contribution in [2.75, 3.05) is 17.4 Å². The Labute approximate surface area is 129 Å². The molecule has 1 heterocycles. The molecule has 0 aromatic heterocycles. The van der Waals surface area contributed by atoms with E-state index >= 15 is 0 Å². The molecule has 1 atom stereocenters. The second kappa shape index (κ2) is 6.19. The summed E-state index contributed by atoms with van der Waals surface area (Å²) in [5.41, 5.74) is 1.88. The second-order valence-corrected chi connectivity index (χ2v) is 5.29. The van der Waals surface area contributed by atoms with Crippen LogP contribution in [-0.4, -0.2) is 18.4 Å². The zero-order chi connectivity index (χ0) is 14.7. The Morgan fingerprint density at radius 2 is 1.86 bits per heavy atom. The van der Waals surface area contributed by atoms with E-state index in [2.05, 4.69) is 0 Å². The summed E-state index contributed by atoms with van der Waals surface area (Å²) in [6.45, 7) is 0.453. The first kappa shape index (κ1) is 14.0. The molecule has 0 fully saturated rings. The Bertz CT molecular complexity index is 630. The summed E-state index contributed by atoms with van der Waals surface area (Å²) in [7, 11) is 0. The van der Waals surface area contributed by atoms with Gasteiger partial charge in [0.15, 0.2) is 0 Å². The molecule has 2 aromatic carbocycles. The Hall–Kier alpha value is -2.00. The summed E-state index contributed by atoms with van der Waals surface area (Å²) in [5.74, 6) is 1.09. The van der Waals surface area contributed by atoms with Crippen LogP contribution in [0.4, 0.5) is 5.69 Å². The molecular formula is C17H16ClNO2. The van der Waals surface area contributed by atoms with E-state index < -0.39 is 0 Å². The maximum atomic E-state index is 12.5. The molecule has 108 valence electrons. The molecular weight excluding hydrogens is 286 g/mol. The number of nitrogens with zero attached hydrogens (tertiary/aromatic N) is 1. The molecule has 1 amide bonds. The van der Waals surface area contributed by atoms with Gasteiger partial charge >= 0.3 is 0 Å². The number of anilines is 1. The van der Waals surface area contributed by atoms with Crippen LogP contribution in [0.1, 0.15) is 18.0 Å². The number of carbonyl (C=O) groups excluding carboxylic acids is 1. The molecule has 21 heavy (non-hydrogen) atoms. The van der Waals surface area contributed by atoms with Gasteiger partial charge in [0.05, 0.1) is 11.7 Å². The molecule has 0 aliphatic carbocycles. The third-order valence-electron chi connectivity index (χ3n) is 3.59. The molecule has 0 spiro atoms. The van der Waals surface area contributed by atoms with Gasteiger partial charge in [-0.25, -0.2) is 0 Å². The number of hydrogen-bond acceptors (Lipinski definition) is 2. The van der Waals surface area contributed by atoms with Crippen molar-refractivity contribution >= 4 is 23.2 Å². The quantitative estimate of drug-likeness (QED) is 0.807. The number of amides is 1. The Morgan fingerprint density at radius 3 is 2.62 bits per heavy atom. The van der Waals surface area contributed by atoms with E-state index in [1.54, 1.807) is 0 Å². The van der Waals surface area contributed by atoms with Crippen LogP contribution in [-0.2, 0) is 4.79 Å². The number of benzene rings is 2. The highest BCUT2D eigenvalue weighted by atomic mass is 35.5. The Balaban J connectivity index is 2.03. The molecule has 4 heteroatoms. The van der Waals surface area contributed by atoms with E-state index in [9.17, 15) is 4.79 Å². The summed E-state index contributed by atoms with van der Waals surface area (Å²) in [6.07, 6.45) is 0.319. The molecule has 2 aromatic rings. The van der Waals surface area contributed by atoms with Crippen LogP contribution in [0.25, 0.3) is 0 Å². The first-order valence-electron chi connectivity index (χ1n) is 6.96. The van der Waals surface area contributed by atoms with E-state index in [-0.39, 0.29) is 11.9 Å². The normalized spacial score (nSPS) is 17.0. The zero-order valence-electron chi connectivity index (χ0n) is 11.5. The van der Waals surface area contributed by atoms with Crippen LogP contribution >= 0.6 is 11.6 Å². The summed E-state index contributed by atoms with van der Waals surface area (Å²) < 4.78 is 5.82. The highest BCUT2D eigenvalue weighted by molar-refractivity contribution is 6.19. The van der Waals surface area contributed by atoms with Crippen molar-refractivity contribution in [3.8, 4) is 5.75 Å². The lowest BCUT2D eigenvalue weighted by Crippen LogP contribution is -2.41. The van der Waals surface area contributed by atoms with Gasteiger partial charge in [-0.1, -0.05) is 42.5 Å². The smallest absolute Gasteiger partial charge is 0.228 e. The fourth-order valence-electron chi connectivity index (χ4n) is 2.62. The van der Waals surface area contributed by atoms with Crippen molar-refractivity contribution < 1.29 is 9.53 Å². The van der Waals surface area contributed by atoms with Gasteiger partial charge in [-0.15, -0.1) is 11.6 Å². The molecule has 0 saturated carbocycles. The molecule has 3 rings (SSSR count). The summed E-state index contributed by atoms with van der Waals surface area (Å²) in [6, 6.07) is 17.4. The zero-order valence-corrected chi connectivity index (χ0v) is 12.3. The predicted octanol–water partition coefficient (Wildman–Crippen LogP) is 3.78. The average Bonchev–Trinajstić information content (AvgIpc) is 2.54. The lowest BCUT2D eigenvalue weighted by atomic mass is 10.0. The monoisotopic (exact) mass is 301 g/mol. The van der Waals surface area contributed by atoms with Crippen molar-refractivity contribution in [2.45, 2.75) is 12.5 Å². The SMILES string of the molecule is O=C(CCCl)N1c2ccccc2OCC1c1ccccc1. The largest absolute Gasteiger partial charge is 0.489 e. The molecule has 0 saturated heterocycles. The summed E-state index contributed by atoms with van der Waals surface area (Å²) >= 11 is 5.76. The van der Waals surface area contributed by atoms with E-state index in [0.717, 1.165) is 17.0 Å². The first-order chi connectivity index (χ1) is 10.3. The minimum absolute atomic E-state index is 0.0228. The van der Waals surface area contributed by atoms with Gasteiger partial charge in [-0.2, -0.15) is 0 Å². The Morgan fingerprint density at radius 1 is 1.14 bits per heavy atom. The highest BCUT2D eigenvalue weighted by Gasteiger charge is 2.32. The van der Waals surface area contributed by atoms with Crippen molar-refractivity contribution in [3.05, 3.63) is 60.2 Å². The standard InChI is InChI=1S/C17H16ClNO2/c18-11-10-17(20)19-14-8-4-5-9-16(14)21-12-15(19)13-6-2-1-3-7-13/h1-9,15H,10-12H2. The van der Waals surface area contributed by atoms with Crippen LogP contribution in [0.2, 0.25) is 0 Å². The Kier molecular flexibility index (Phi) is 4.11. The maximum absolute atomic E-state index is 12.5. The molecule has 3 nitrogen and oxygen atoms in total. The van der Waals surface area contributed by atoms with Gasteiger partial charge in [-0.3, -0.25) is 9.69 Å². The van der Waals surface area contributed by atoms with Gasteiger partial charge in [0.2, 0.25) is 5.91 Å². The fraction of sp³-hybridized carbons (Fsp3) is 0.235. The second-order valence-electron chi connectivity index (χ2n) is 4.91. The van der Waals surface area contributed by atoms with Crippen LogP contribution in [0.15, 0.2) is 54.6 Å². The van der Waals surface area contributed by atoms with Crippen LogP contribution in [0.5, 0.6) is 5.75 Å². The number of para-hydroxylation sites is 2. The lowest BCUT2D eigenvalue weighted by Gasteiger charge is -2.37. The van der Waals surface area contributed by atoms with Crippen molar-refractivity contribution in [3.63, 3.8) is 0 Å². The number of carbonyl (C=O) groups is 1. The highest BCUT2D eigenvalue weighted by Crippen LogP contribution is 2.39. The van der Waals surface area contributed by atoms with Gasteiger partial charge in [0.25, 0.3) is 0 Å². The molecule has 0 N–H and O–H groups in total. The number of halogens is 1. The van der Waals surface area contributed by atoms with Crippen molar-refractivity contribution in [2.24, 2.45) is 0 Å². The number of alkyl halides is 1. The number of fused-ring (bicyclic) bond motifs is 1. The third kappa shape index (κ3) is 2.74. The van der Waals surface area contributed by atoms with Crippen molar-refractivity contribution in [1.82, 2.24) is 0 Å². The van der Waals surface area contributed by atoms with Crippen LogP contribution < -0.4 is 9.64 Å². The van der Waals surface area contributed by atoms with E-state index in [4.69, 9.17) is 16.3 Å². The van der Waals surface area contributed by atoms with Gasteiger partial charge in [-0.05, 0) is 17.7 Å². The third-order valence-corrected chi connectivity index (χ3v) is 3.78. The topological polar surface area (TPSA) is 29.5 Å². The van der Waals surface area contributed by atoms with E-state index in [1.165, 1.54) is 0 Å². The number of hydrogen-bond donors (Lipinski definition) is 0. The molecule has 1 aliphatic heterocycles. The molecule has 1 aliphatic rings. The summed E-state index contributed by atoms with van der Waals surface area (Å²) in [4.78, 5) is 14.3. The van der Waals surface area contributed by atoms with Gasteiger partial charge in [0, 0.05) is 12.3 Å². The van der Waals surface area contributed by atoms with Crippen LogP contribution in [0.3, 0.4) is 0 Å². The fourth-order valence-corrected chi connectivity index (χ4v) is 2.78. The minimum atomic E-state index is -0.114. The van der Waals surface area contributed by atoms with Gasteiger partial charge in [0.1, 0.15) is 12.4 Å². The van der Waals surface area contributed by atoms with Gasteiger partial charge < -0.3 is 4.74 Å². The lowest BCUT2D eigenvalue weighted by molar-refractivity contribution is -0.119. The summed E-state index contributed by atoms with van der Waals surface area (Å²) in [5, 5.41) is 0. The number of ether oxygens (including phenoxy) is 1.